The minimum atomic E-state index is 1.24. The maximum absolute atomic E-state index is 2.38. The van der Waals surface area contributed by atoms with Crippen molar-refractivity contribution in [2.24, 2.45) is 0 Å². The van der Waals surface area contributed by atoms with Gasteiger partial charge >= 0.3 is 0 Å². The van der Waals surface area contributed by atoms with E-state index < -0.39 is 0 Å². The minimum Gasteiger partial charge on any atom is -0.0620 e. The van der Waals surface area contributed by atoms with Gasteiger partial charge in [-0.25, -0.2) is 0 Å². The molecule has 0 aliphatic rings. The first-order valence-corrected chi connectivity index (χ1v) is 14.3. The first-order chi connectivity index (χ1) is 20.2. The van der Waals surface area contributed by atoms with Crippen LogP contribution in [0, 0.1) is 6.92 Å². The molecule has 0 saturated heterocycles. The Hall–Kier alpha value is -5.20. The summed E-state index contributed by atoms with van der Waals surface area (Å²) < 4.78 is 0. The largest absolute Gasteiger partial charge is 0.0620 e. The van der Waals surface area contributed by atoms with Crippen LogP contribution in [0.5, 0.6) is 0 Å². The third kappa shape index (κ3) is 3.91. The van der Waals surface area contributed by atoms with Crippen LogP contribution in [0.1, 0.15) is 5.56 Å². The van der Waals surface area contributed by atoms with Gasteiger partial charge in [0.2, 0.25) is 0 Å². The van der Waals surface area contributed by atoms with Gasteiger partial charge in [0.1, 0.15) is 0 Å². The summed E-state index contributed by atoms with van der Waals surface area (Å²) in [5.74, 6) is 0. The molecule has 0 fully saturated rings. The first kappa shape index (κ1) is 23.7. The van der Waals surface area contributed by atoms with Gasteiger partial charge in [0.15, 0.2) is 0 Å². The highest BCUT2D eigenvalue weighted by molar-refractivity contribution is 6.22. The molecule has 0 aliphatic heterocycles. The predicted octanol–water partition coefficient (Wildman–Crippen LogP) is 11.6. The lowest BCUT2D eigenvalue weighted by Gasteiger charge is -2.19. The highest BCUT2D eigenvalue weighted by Gasteiger charge is 2.17. The van der Waals surface area contributed by atoms with Crippen molar-refractivity contribution in [3.8, 4) is 33.4 Å². The van der Waals surface area contributed by atoms with Crippen molar-refractivity contribution in [1.82, 2.24) is 0 Å². The monoisotopic (exact) mass is 520 g/mol. The molecule has 41 heavy (non-hydrogen) atoms. The molecule has 0 heterocycles. The number of aryl methyl sites for hydroxylation is 1. The molecule has 8 rings (SSSR count). The fraction of sp³-hybridized carbons (Fsp3) is 0.0244. The van der Waals surface area contributed by atoms with Crippen LogP contribution in [-0.4, -0.2) is 0 Å². The molecule has 0 N–H and O–H groups in total. The van der Waals surface area contributed by atoms with Crippen LogP contribution in [0.2, 0.25) is 0 Å². The normalized spacial score (nSPS) is 11.5. The van der Waals surface area contributed by atoms with E-state index in [1.807, 2.05) is 0 Å². The van der Waals surface area contributed by atoms with E-state index in [2.05, 4.69) is 159 Å². The molecular weight excluding hydrogens is 492 g/mol. The molecule has 0 unspecified atom stereocenters. The summed E-state index contributed by atoms with van der Waals surface area (Å²) in [6.45, 7) is 2.21. The SMILES string of the molecule is Cc1ccccc1-c1c2ccccc2c(-c2ccc3ccc(-c4ccc5ccccc5c4)cc3c2)c2ccccc12. The van der Waals surface area contributed by atoms with Crippen LogP contribution >= 0.6 is 0 Å². The van der Waals surface area contributed by atoms with Crippen molar-refractivity contribution in [1.29, 1.82) is 0 Å². The number of benzene rings is 8. The predicted molar refractivity (Wildman–Crippen MR) is 178 cm³/mol. The van der Waals surface area contributed by atoms with Crippen LogP contribution in [-0.2, 0) is 0 Å². The molecule has 8 aromatic carbocycles. The van der Waals surface area contributed by atoms with E-state index in [-0.39, 0.29) is 0 Å². The molecule has 0 aliphatic carbocycles. The zero-order chi connectivity index (χ0) is 27.3. The van der Waals surface area contributed by atoms with Crippen molar-refractivity contribution in [3.63, 3.8) is 0 Å². The van der Waals surface area contributed by atoms with Crippen LogP contribution in [0.15, 0.2) is 152 Å². The Kier molecular flexibility index (Phi) is 5.47. The molecule has 0 amide bonds. The Bertz CT molecular complexity index is 2210. The van der Waals surface area contributed by atoms with E-state index in [4.69, 9.17) is 0 Å². The maximum Gasteiger partial charge on any atom is -0.00237 e. The quantitative estimate of drug-likeness (QED) is 0.203. The van der Waals surface area contributed by atoms with E-state index in [1.165, 1.54) is 82.0 Å². The number of hydrogen-bond donors (Lipinski definition) is 0. The average molecular weight is 521 g/mol. The second-order valence-electron chi connectivity index (χ2n) is 11.0. The molecule has 0 radical (unpaired) electrons. The topological polar surface area (TPSA) is 0 Å². The molecule has 192 valence electrons. The number of hydrogen-bond acceptors (Lipinski definition) is 0. The smallest absolute Gasteiger partial charge is 0.00237 e. The lowest BCUT2D eigenvalue weighted by atomic mass is 9.84. The summed E-state index contributed by atoms with van der Waals surface area (Å²) in [7, 11) is 0. The highest BCUT2D eigenvalue weighted by Crippen LogP contribution is 2.44. The molecule has 0 heteroatoms. The average Bonchev–Trinajstić information content (AvgIpc) is 3.03. The molecule has 0 spiro atoms. The Morgan fingerprint density at radius 1 is 0.317 bits per heavy atom. The fourth-order valence-corrected chi connectivity index (χ4v) is 6.53. The zero-order valence-electron chi connectivity index (χ0n) is 22.9. The maximum atomic E-state index is 2.38. The summed E-state index contributed by atoms with van der Waals surface area (Å²) in [6.07, 6.45) is 0. The van der Waals surface area contributed by atoms with Crippen molar-refractivity contribution in [2.45, 2.75) is 6.92 Å². The van der Waals surface area contributed by atoms with Gasteiger partial charge in [0.05, 0.1) is 0 Å². The van der Waals surface area contributed by atoms with Crippen LogP contribution in [0.3, 0.4) is 0 Å². The second-order valence-corrected chi connectivity index (χ2v) is 11.0. The highest BCUT2D eigenvalue weighted by atomic mass is 14.2. The minimum absolute atomic E-state index is 1.24. The third-order valence-electron chi connectivity index (χ3n) is 8.56. The summed E-state index contributed by atoms with van der Waals surface area (Å²) in [6, 6.07) is 55.6. The Balaban J connectivity index is 1.37. The number of rotatable bonds is 3. The number of fused-ring (bicyclic) bond motifs is 4. The van der Waals surface area contributed by atoms with Gasteiger partial charge in [-0.2, -0.15) is 0 Å². The van der Waals surface area contributed by atoms with E-state index in [9.17, 15) is 0 Å². The summed E-state index contributed by atoms with van der Waals surface area (Å²) in [5, 5.41) is 10.2. The standard InChI is InChI=1S/C41H28/c1-27-10-2-5-13-35(27)41-38-16-8-6-14-36(38)40(37-15-7-9-17-39(37)41)33-23-20-29-19-22-32(25-34(29)26-33)31-21-18-28-11-3-4-12-30(28)24-31/h2-26H,1H3. The zero-order valence-corrected chi connectivity index (χ0v) is 22.9. The van der Waals surface area contributed by atoms with Gasteiger partial charge in [0.25, 0.3) is 0 Å². The van der Waals surface area contributed by atoms with Crippen molar-refractivity contribution >= 4 is 43.1 Å². The van der Waals surface area contributed by atoms with Gasteiger partial charge in [-0.1, -0.05) is 133 Å². The van der Waals surface area contributed by atoms with Crippen LogP contribution < -0.4 is 0 Å². The second kappa shape index (κ2) is 9.47. The Labute approximate surface area is 240 Å². The lowest BCUT2D eigenvalue weighted by molar-refractivity contribution is 1.47. The van der Waals surface area contributed by atoms with E-state index >= 15 is 0 Å². The van der Waals surface area contributed by atoms with Crippen molar-refractivity contribution in [2.75, 3.05) is 0 Å². The lowest BCUT2D eigenvalue weighted by Crippen LogP contribution is -1.92. The van der Waals surface area contributed by atoms with Gasteiger partial charge in [0, 0.05) is 0 Å². The van der Waals surface area contributed by atoms with Crippen molar-refractivity contribution in [3.05, 3.63) is 157 Å². The van der Waals surface area contributed by atoms with E-state index in [0.29, 0.717) is 0 Å². The molecular formula is C41H28. The van der Waals surface area contributed by atoms with Gasteiger partial charge in [-0.15, -0.1) is 0 Å². The van der Waals surface area contributed by atoms with Crippen LogP contribution in [0.4, 0.5) is 0 Å². The molecule has 0 aromatic heterocycles. The van der Waals surface area contributed by atoms with E-state index in [0.717, 1.165) is 0 Å². The van der Waals surface area contributed by atoms with E-state index in [1.54, 1.807) is 0 Å². The van der Waals surface area contributed by atoms with Crippen molar-refractivity contribution < 1.29 is 0 Å². The Morgan fingerprint density at radius 3 is 1.39 bits per heavy atom. The first-order valence-electron chi connectivity index (χ1n) is 14.3. The summed E-state index contributed by atoms with van der Waals surface area (Å²) >= 11 is 0. The van der Waals surface area contributed by atoms with Gasteiger partial charge in [-0.05, 0) is 107 Å². The third-order valence-corrected chi connectivity index (χ3v) is 8.56. The summed E-state index contributed by atoms with van der Waals surface area (Å²) in [4.78, 5) is 0. The van der Waals surface area contributed by atoms with Gasteiger partial charge in [-0.3, -0.25) is 0 Å². The molecule has 8 aromatic rings. The fourth-order valence-electron chi connectivity index (χ4n) is 6.53. The molecule has 0 nitrogen and oxygen atoms in total. The van der Waals surface area contributed by atoms with Gasteiger partial charge < -0.3 is 0 Å². The molecule has 0 bridgehead atoms. The molecule has 0 atom stereocenters. The summed E-state index contributed by atoms with van der Waals surface area (Å²) in [5.41, 5.74) is 8.94. The Morgan fingerprint density at radius 2 is 0.756 bits per heavy atom. The van der Waals surface area contributed by atoms with Crippen LogP contribution in [0.25, 0.3) is 76.5 Å². The molecule has 0 saturated carbocycles.